The van der Waals surface area contributed by atoms with Crippen LogP contribution < -0.4 is 15.5 Å². The molecule has 1 aliphatic carbocycles. The number of anilines is 3. The molecule has 5 rings (SSSR count). The number of carbonyl (C=O) groups excluding carboxylic acids is 2. The summed E-state index contributed by atoms with van der Waals surface area (Å²) in [5.41, 5.74) is 5.96. The quantitative estimate of drug-likeness (QED) is 0.345. The Balaban J connectivity index is 1.24. The summed E-state index contributed by atoms with van der Waals surface area (Å²) in [5.74, 6) is -0.376. The second-order valence-corrected chi connectivity index (χ2v) is 9.99. The van der Waals surface area contributed by atoms with Gasteiger partial charge in [-0.05, 0) is 79.2 Å². The Labute approximate surface area is 228 Å². The minimum absolute atomic E-state index is 0.0270. The van der Waals surface area contributed by atoms with Crippen molar-refractivity contribution in [3.05, 3.63) is 102 Å². The predicted molar refractivity (Wildman–Crippen MR) is 157 cm³/mol. The summed E-state index contributed by atoms with van der Waals surface area (Å²) in [7, 11) is 7.91. The number of allylic oxidation sites excluding steroid dienone is 2. The van der Waals surface area contributed by atoms with Crippen LogP contribution in [-0.4, -0.2) is 54.7 Å². The highest BCUT2D eigenvalue weighted by Gasteiger charge is 2.18. The van der Waals surface area contributed by atoms with Gasteiger partial charge in [0.1, 0.15) is 0 Å². The molecule has 0 bridgehead atoms. The van der Waals surface area contributed by atoms with Crippen LogP contribution in [0.5, 0.6) is 0 Å². The van der Waals surface area contributed by atoms with Crippen molar-refractivity contribution in [2.24, 2.45) is 5.92 Å². The molecule has 2 N–H and O–H groups in total. The first-order chi connectivity index (χ1) is 18.8. The summed E-state index contributed by atoms with van der Waals surface area (Å²) in [6, 6.07) is 20.8. The number of amides is 2. The van der Waals surface area contributed by atoms with Crippen molar-refractivity contribution >= 4 is 39.8 Å². The van der Waals surface area contributed by atoms with Gasteiger partial charge in [0, 0.05) is 61.9 Å². The van der Waals surface area contributed by atoms with Crippen molar-refractivity contribution in [1.82, 2.24) is 14.7 Å². The van der Waals surface area contributed by atoms with E-state index in [0.717, 1.165) is 33.7 Å². The van der Waals surface area contributed by atoms with Crippen molar-refractivity contribution < 1.29 is 9.59 Å². The summed E-state index contributed by atoms with van der Waals surface area (Å²) in [6.45, 7) is 0. The number of benzene rings is 3. The van der Waals surface area contributed by atoms with E-state index in [0.29, 0.717) is 17.7 Å². The molecule has 198 valence electrons. The maximum atomic E-state index is 12.7. The third-order valence-electron chi connectivity index (χ3n) is 6.78. The van der Waals surface area contributed by atoms with Crippen molar-refractivity contribution in [3.8, 4) is 5.69 Å². The maximum absolute atomic E-state index is 12.7. The zero-order valence-electron chi connectivity index (χ0n) is 22.6. The molecular weight excluding hydrogens is 488 g/mol. The van der Waals surface area contributed by atoms with Gasteiger partial charge in [-0.2, -0.15) is 5.10 Å². The lowest BCUT2D eigenvalue weighted by Crippen LogP contribution is -2.23. The zero-order valence-corrected chi connectivity index (χ0v) is 22.6. The Morgan fingerprint density at radius 3 is 2.23 bits per heavy atom. The van der Waals surface area contributed by atoms with E-state index in [4.69, 9.17) is 0 Å². The van der Waals surface area contributed by atoms with Crippen molar-refractivity contribution in [2.75, 3.05) is 43.7 Å². The third-order valence-corrected chi connectivity index (χ3v) is 6.78. The second-order valence-electron chi connectivity index (χ2n) is 9.99. The number of likely N-dealkylation sites (N-methyl/N-ethyl adjacent to an activating group) is 1. The number of carbonyl (C=O) groups is 2. The molecule has 1 aliphatic rings. The monoisotopic (exact) mass is 520 g/mol. The van der Waals surface area contributed by atoms with E-state index in [2.05, 4.69) is 21.8 Å². The van der Waals surface area contributed by atoms with Gasteiger partial charge in [0.2, 0.25) is 5.91 Å². The minimum atomic E-state index is -0.185. The van der Waals surface area contributed by atoms with Gasteiger partial charge in [0.15, 0.2) is 0 Å². The van der Waals surface area contributed by atoms with E-state index >= 15 is 0 Å². The molecule has 0 radical (unpaired) electrons. The van der Waals surface area contributed by atoms with Crippen molar-refractivity contribution in [2.45, 2.75) is 6.42 Å². The lowest BCUT2D eigenvalue weighted by Gasteiger charge is -2.20. The normalized spacial score (nSPS) is 14.6. The average molecular weight is 521 g/mol. The molecule has 3 aromatic carbocycles. The molecule has 1 heterocycles. The molecule has 8 heteroatoms. The van der Waals surface area contributed by atoms with Gasteiger partial charge < -0.3 is 20.4 Å². The van der Waals surface area contributed by atoms with E-state index in [1.54, 1.807) is 6.20 Å². The molecule has 1 unspecified atom stereocenters. The molecular formula is C31H32N6O2. The molecule has 1 aromatic heterocycles. The smallest absolute Gasteiger partial charge is 0.255 e. The molecule has 0 saturated heterocycles. The van der Waals surface area contributed by atoms with E-state index in [1.807, 2.05) is 122 Å². The number of fused-ring (bicyclic) bond motifs is 1. The number of nitrogens with zero attached hydrogens (tertiary/aromatic N) is 4. The van der Waals surface area contributed by atoms with E-state index in [9.17, 15) is 9.59 Å². The minimum Gasteiger partial charge on any atom is -0.378 e. The first-order valence-corrected chi connectivity index (χ1v) is 12.8. The highest BCUT2D eigenvalue weighted by atomic mass is 16.2. The standard InChI is InChI=1S/C31H32N6O2/c1-35(2)26-12-5-21(6-13-26)30(38)33-24-9-16-28(17-10-24)37-29-18-11-25(19-23(29)20-32-37)34-31(39)22-7-14-27(15-8-22)36(3)4/h5,7-21H,6H2,1-4H3,(H,33,38)(H,34,39). The molecule has 39 heavy (non-hydrogen) atoms. The number of aromatic nitrogens is 2. The lowest BCUT2D eigenvalue weighted by atomic mass is 9.98. The molecule has 8 nitrogen and oxygen atoms in total. The molecule has 0 saturated carbocycles. The fourth-order valence-corrected chi connectivity index (χ4v) is 4.49. The summed E-state index contributed by atoms with van der Waals surface area (Å²) >= 11 is 0. The first-order valence-electron chi connectivity index (χ1n) is 12.8. The Bertz CT molecular complexity index is 1560. The van der Waals surface area contributed by atoms with E-state index in [-0.39, 0.29) is 17.7 Å². The van der Waals surface area contributed by atoms with Gasteiger partial charge >= 0.3 is 0 Å². The van der Waals surface area contributed by atoms with Crippen LogP contribution in [-0.2, 0) is 4.79 Å². The summed E-state index contributed by atoms with van der Waals surface area (Å²) in [6.07, 6.45) is 8.47. The maximum Gasteiger partial charge on any atom is 0.255 e. The van der Waals surface area contributed by atoms with Gasteiger partial charge in [-0.25, -0.2) is 4.68 Å². The summed E-state index contributed by atoms with van der Waals surface area (Å²) in [4.78, 5) is 29.5. The lowest BCUT2D eigenvalue weighted by molar-refractivity contribution is -0.118. The first kappa shape index (κ1) is 25.8. The average Bonchev–Trinajstić information content (AvgIpc) is 3.37. The molecule has 4 aromatic rings. The van der Waals surface area contributed by atoms with Crippen LogP contribution in [0.15, 0.2) is 96.9 Å². The Morgan fingerprint density at radius 2 is 1.59 bits per heavy atom. The highest BCUT2D eigenvalue weighted by Crippen LogP contribution is 2.25. The van der Waals surface area contributed by atoms with Crippen LogP contribution in [0.2, 0.25) is 0 Å². The number of hydrogen-bond donors (Lipinski definition) is 2. The van der Waals surface area contributed by atoms with Gasteiger partial charge in [-0.3, -0.25) is 9.59 Å². The van der Waals surface area contributed by atoms with E-state index in [1.165, 1.54) is 0 Å². The SMILES string of the molecule is CN(C)C1=CCC(C(=O)Nc2ccc(-n3ncc4cc(NC(=O)c5ccc(N(C)C)cc5)ccc43)cc2)C=C1. The molecule has 1 atom stereocenters. The summed E-state index contributed by atoms with van der Waals surface area (Å²) < 4.78 is 1.84. The molecule has 0 fully saturated rings. The molecule has 2 amide bonds. The van der Waals surface area contributed by atoms with Gasteiger partial charge in [-0.1, -0.05) is 12.2 Å². The fourth-order valence-electron chi connectivity index (χ4n) is 4.49. The number of hydrogen-bond acceptors (Lipinski definition) is 5. The number of nitrogens with one attached hydrogen (secondary N) is 2. The topological polar surface area (TPSA) is 82.5 Å². The third kappa shape index (κ3) is 5.70. The van der Waals surface area contributed by atoms with E-state index < -0.39 is 0 Å². The largest absolute Gasteiger partial charge is 0.378 e. The highest BCUT2D eigenvalue weighted by molar-refractivity contribution is 6.05. The Hall–Kier alpha value is -4.85. The zero-order chi connectivity index (χ0) is 27.5. The van der Waals surface area contributed by atoms with Crippen LogP contribution in [0.1, 0.15) is 16.8 Å². The van der Waals surface area contributed by atoms with Crippen LogP contribution in [0, 0.1) is 5.92 Å². The Morgan fingerprint density at radius 1 is 0.872 bits per heavy atom. The second kappa shape index (κ2) is 10.9. The van der Waals surface area contributed by atoms with Gasteiger partial charge in [0.25, 0.3) is 5.91 Å². The van der Waals surface area contributed by atoms with Crippen molar-refractivity contribution in [1.29, 1.82) is 0 Å². The number of rotatable bonds is 7. The van der Waals surface area contributed by atoms with Crippen LogP contribution >= 0.6 is 0 Å². The predicted octanol–water partition coefficient (Wildman–Crippen LogP) is 5.30. The van der Waals surface area contributed by atoms with Crippen LogP contribution in [0.3, 0.4) is 0 Å². The van der Waals surface area contributed by atoms with Crippen LogP contribution in [0.25, 0.3) is 16.6 Å². The van der Waals surface area contributed by atoms with Crippen molar-refractivity contribution in [3.63, 3.8) is 0 Å². The Kier molecular flexibility index (Phi) is 7.19. The summed E-state index contributed by atoms with van der Waals surface area (Å²) in [5, 5.41) is 11.4. The molecule has 0 aliphatic heterocycles. The van der Waals surface area contributed by atoms with Gasteiger partial charge in [0.05, 0.1) is 23.3 Å². The molecule has 0 spiro atoms. The fraction of sp³-hybridized carbons (Fsp3) is 0.194. The van der Waals surface area contributed by atoms with Gasteiger partial charge in [-0.15, -0.1) is 0 Å². The van der Waals surface area contributed by atoms with Crippen LogP contribution in [0.4, 0.5) is 17.1 Å².